The third-order valence-electron chi connectivity index (χ3n) is 4.38. The predicted octanol–water partition coefficient (Wildman–Crippen LogP) is 2.07. The number of likely N-dealkylation sites (tertiary alicyclic amines) is 1. The predicted molar refractivity (Wildman–Crippen MR) is 90.7 cm³/mol. The molecule has 3 rings (SSSR count). The topological polar surface area (TPSA) is 60.0 Å². The number of hydrogen-bond acceptors (Lipinski definition) is 4. The fourth-order valence-electron chi connectivity index (χ4n) is 3.07. The van der Waals surface area contributed by atoms with Crippen molar-refractivity contribution in [3.8, 4) is 11.3 Å². The standard InChI is InChI=1S/C16H23N5.ClH/c1-16(11-17)5-8-21(12-16)10-14-9-20(2)19-15(14)13-3-6-18-7-4-13;/h3-4,6-7,9H,5,8,10-12,17H2,1-2H3;1H. The molecule has 1 aliphatic rings. The van der Waals surface area contributed by atoms with Crippen LogP contribution >= 0.6 is 12.4 Å². The average Bonchev–Trinajstić information content (AvgIpc) is 3.04. The molecule has 0 saturated carbocycles. The van der Waals surface area contributed by atoms with E-state index in [1.807, 2.05) is 36.3 Å². The Labute approximate surface area is 137 Å². The highest BCUT2D eigenvalue weighted by molar-refractivity contribution is 5.85. The van der Waals surface area contributed by atoms with Gasteiger partial charge in [0.15, 0.2) is 0 Å². The zero-order chi connectivity index (χ0) is 14.9. The molecule has 0 aromatic carbocycles. The Morgan fingerprint density at radius 1 is 1.32 bits per heavy atom. The van der Waals surface area contributed by atoms with Crippen molar-refractivity contribution in [1.82, 2.24) is 19.7 Å². The molecule has 1 aliphatic heterocycles. The van der Waals surface area contributed by atoms with Crippen LogP contribution < -0.4 is 5.73 Å². The highest BCUT2D eigenvalue weighted by Gasteiger charge is 2.32. The lowest BCUT2D eigenvalue weighted by molar-refractivity contribution is 0.274. The number of aromatic nitrogens is 3. The van der Waals surface area contributed by atoms with Crippen LogP contribution in [0.5, 0.6) is 0 Å². The molecule has 0 radical (unpaired) electrons. The van der Waals surface area contributed by atoms with Crippen molar-refractivity contribution in [1.29, 1.82) is 0 Å². The second kappa shape index (κ2) is 6.77. The Morgan fingerprint density at radius 2 is 2.05 bits per heavy atom. The molecule has 1 fully saturated rings. The number of aryl methyl sites for hydroxylation is 1. The minimum atomic E-state index is 0. The fourth-order valence-corrected chi connectivity index (χ4v) is 3.07. The summed E-state index contributed by atoms with van der Waals surface area (Å²) in [5.74, 6) is 0. The Hall–Kier alpha value is -1.43. The van der Waals surface area contributed by atoms with Gasteiger partial charge >= 0.3 is 0 Å². The van der Waals surface area contributed by atoms with E-state index >= 15 is 0 Å². The van der Waals surface area contributed by atoms with Crippen LogP contribution in [0.15, 0.2) is 30.7 Å². The quantitative estimate of drug-likeness (QED) is 0.936. The van der Waals surface area contributed by atoms with Crippen LogP contribution in [0.3, 0.4) is 0 Å². The van der Waals surface area contributed by atoms with Gasteiger partial charge in [-0.05, 0) is 37.1 Å². The molecular formula is C16H24ClN5. The van der Waals surface area contributed by atoms with Crippen LogP contribution in [0.2, 0.25) is 0 Å². The largest absolute Gasteiger partial charge is 0.330 e. The SMILES string of the molecule is Cl.Cn1cc(CN2CCC(C)(CN)C2)c(-c2ccncc2)n1. The van der Waals surface area contributed by atoms with Crippen molar-refractivity contribution in [2.75, 3.05) is 19.6 Å². The molecule has 22 heavy (non-hydrogen) atoms. The molecule has 0 amide bonds. The third kappa shape index (κ3) is 3.48. The molecule has 120 valence electrons. The van der Waals surface area contributed by atoms with E-state index in [1.54, 1.807) is 0 Å². The van der Waals surface area contributed by atoms with Gasteiger partial charge in [-0.25, -0.2) is 0 Å². The van der Waals surface area contributed by atoms with Gasteiger partial charge in [-0.1, -0.05) is 6.92 Å². The number of nitrogens with two attached hydrogens (primary N) is 1. The van der Waals surface area contributed by atoms with Gasteiger partial charge in [0.25, 0.3) is 0 Å². The lowest BCUT2D eigenvalue weighted by Gasteiger charge is -2.22. The molecule has 5 nitrogen and oxygen atoms in total. The number of nitrogens with zero attached hydrogens (tertiary/aromatic N) is 4. The second-order valence-electron chi connectivity index (χ2n) is 6.39. The summed E-state index contributed by atoms with van der Waals surface area (Å²) in [6.07, 6.45) is 6.92. The zero-order valence-electron chi connectivity index (χ0n) is 13.2. The molecule has 0 aliphatic carbocycles. The van der Waals surface area contributed by atoms with Gasteiger partial charge in [0.2, 0.25) is 0 Å². The zero-order valence-corrected chi connectivity index (χ0v) is 14.0. The first-order valence-electron chi connectivity index (χ1n) is 7.45. The molecule has 3 heterocycles. The minimum absolute atomic E-state index is 0. The van der Waals surface area contributed by atoms with Crippen molar-refractivity contribution in [2.24, 2.45) is 18.2 Å². The van der Waals surface area contributed by atoms with E-state index in [0.29, 0.717) is 0 Å². The van der Waals surface area contributed by atoms with E-state index in [-0.39, 0.29) is 17.8 Å². The van der Waals surface area contributed by atoms with E-state index < -0.39 is 0 Å². The van der Waals surface area contributed by atoms with Gasteiger partial charge in [-0.2, -0.15) is 5.10 Å². The van der Waals surface area contributed by atoms with E-state index in [0.717, 1.165) is 37.4 Å². The minimum Gasteiger partial charge on any atom is -0.330 e. The highest BCUT2D eigenvalue weighted by Crippen LogP contribution is 2.31. The Kier molecular flexibility index (Phi) is 5.21. The molecule has 2 aromatic rings. The molecule has 2 aromatic heterocycles. The van der Waals surface area contributed by atoms with E-state index in [4.69, 9.17) is 5.73 Å². The number of hydrogen-bond donors (Lipinski definition) is 1. The van der Waals surface area contributed by atoms with Crippen molar-refractivity contribution >= 4 is 12.4 Å². The van der Waals surface area contributed by atoms with Crippen molar-refractivity contribution in [2.45, 2.75) is 19.9 Å². The van der Waals surface area contributed by atoms with Crippen molar-refractivity contribution < 1.29 is 0 Å². The molecule has 2 N–H and O–H groups in total. The van der Waals surface area contributed by atoms with E-state index in [2.05, 4.69) is 28.1 Å². The summed E-state index contributed by atoms with van der Waals surface area (Å²) >= 11 is 0. The molecular weight excluding hydrogens is 298 g/mol. The van der Waals surface area contributed by atoms with Crippen LogP contribution in [0.25, 0.3) is 11.3 Å². The summed E-state index contributed by atoms with van der Waals surface area (Å²) in [5.41, 5.74) is 9.61. The maximum absolute atomic E-state index is 5.90. The Morgan fingerprint density at radius 3 is 2.68 bits per heavy atom. The molecule has 6 heteroatoms. The lowest BCUT2D eigenvalue weighted by atomic mass is 9.90. The van der Waals surface area contributed by atoms with Crippen molar-refractivity contribution in [3.05, 3.63) is 36.3 Å². The second-order valence-corrected chi connectivity index (χ2v) is 6.39. The van der Waals surface area contributed by atoms with Crippen LogP contribution in [-0.4, -0.2) is 39.3 Å². The molecule has 0 spiro atoms. The summed E-state index contributed by atoms with van der Waals surface area (Å²) in [4.78, 5) is 6.56. The maximum Gasteiger partial charge on any atom is 0.0969 e. The molecule has 0 bridgehead atoms. The van der Waals surface area contributed by atoms with Crippen molar-refractivity contribution in [3.63, 3.8) is 0 Å². The Balaban J connectivity index is 0.00000176. The first kappa shape index (κ1) is 16.9. The summed E-state index contributed by atoms with van der Waals surface area (Å²) in [5, 5.41) is 4.62. The van der Waals surface area contributed by atoms with Gasteiger partial charge in [-0.15, -0.1) is 12.4 Å². The monoisotopic (exact) mass is 321 g/mol. The van der Waals surface area contributed by atoms with Gasteiger partial charge < -0.3 is 5.73 Å². The van der Waals surface area contributed by atoms with Gasteiger partial charge in [0.1, 0.15) is 0 Å². The van der Waals surface area contributed by atoms with E-state index in [9.17, 15) is 0 Å². The summed E-state index contributed by atoms with van der Waals surface area (Å²) < 4.78 is 1.89. The number of rotatable bonds is 4. The third-order valence-corrected chi connectivity index (χ3v) is 4.38. The number of halogens is 1. The molecule has 1 atom stereocenters. The molecule has 1 unspecified atom stereocenters. The van der Waals surface area contributed by atoms with Crippen LogP contribution in [0.1, 0.15) is 18.9 Å². The molecule has 1 saturated heterocycles. The first-order valence-corrected chi connectivity index (χ1v) is 7.45. The smallest absolute Gasteiger partial charge is 0.0969 e. The highest BCUT2D eigenvalue weighted by atomic mass is 35.5. The first-order chi connectivity index (χ1) is 10.1. The van der Waals surface area contributed by atoms with Crippen LogP contribution in [-0.2, 0) is 13.6 Å². The lowest BCUT2D eigenvalue weighted by Crippen LogP contribution is -2.31. The normalized spacial score (nSPS) is 21.8. The number of pyridine rings is 1. The van der Waals surface area contributed by atoms with Gasteiger partial charge in [0, 0.05) is 49.9 Å². The summed E-state index contributed by atoms with van der Waals surface area (Å²) in [7, 11) is 1.97. The maximum atomic E-state index is 5.90. The Bertz CT molecular complexity index is 612. The fraction of sp³-hybridized carbons (Fsp3) is 0.500. The summed E-state index contributed by atoms with van der Waals surface area (Å²) in [6.45, 7) is 6.14. The van der Waals surface area contributed by atoms with Crippen LogP contribution in [0.4, 0.5) is 0 Å². The van der Waals surface area contributed by atoms with Crippen LogP contribution in [0, 0.1) is 5.41 Å². The van der Waals surface area contributed by atoms with Gasteiger partial charge in [0.05, 0.1) is 5.69 Å². The average molecular weight is 322 g/mol. The van der Waals surface area contributed by atoms with E-state index in [1.165, 1.54) is 12.0 Å². The summed E-state index contributed by atoms with van der Waals surface area (Å²) in [6, 6.07) is 4.03. The van der Waals surface area contributed by atoms with Gasteiger partial charge in [-0.3, -0.25) is 14.6 Å².